The summed E-state index contributed by atoms with van der Waals surface area (Å²) in [4.78, 5) is 31.8. The van der Waals surface area contributed by atoms with Crippen molar-refractivity contribution in [3.05, 3.63) is 88.1 Å². The summed E-state index contributed by atoms with van der Waals surface area (Å²) >= 11 is 0. The predicted octanol–water partition coefficient (Wildman–Crippen LogP) is 3.28. The molecule has 2 aromatic heterocycles. The number of fused-ring (bicyclic) bond motifs is 2. The largest absolute Gasteiger partial charge is 0.326 e. The first-order valence-corrected chi connectivity index (χ1v) is 9.20. The molecule has 0 atom stereocenters. The minimum Gasteiger partial charge on any atom is -0.326 e. The summed E-state index contributed by atoms with van der Waals surface area (Å²) in [5, 5.41) is 2.73. The minimum absolute atomic E-state index is 0.111. The highest BCUT2D eigenvalue weighted by molar-refractivity contribution is 5.99. The van der Waals surface area contributed by atoms with Crippen molar-refractivity contribution < 1.29 is 13.6 Å². The Bertz CT molecular complexity index is 1370. The summed E-state index contributed by atoms with van der Waals surface area (Å²) in [6.07, 6.45) is 4.31. The van der Waals surface area contributed by atoms with Gasteiger partial charge in [0.25, 0.3) is 5.56 Å². The van der Waals surface area contributed by atoms with Crippen molar-refractivity contribution in [1.29, 1.82) is 0 Å². The molecule has 5 rings (SSSR count). The smallest absolute Gasteiger partial charge is 0.269 e. The maximum absolute atomic E-state index is 14.9. The molecule has 0 bridgehead atoms. The quantitative estimate of drug-likeness (QED) is 0.569. The van der Waals surface area contributed by atoms with E-state index in [2.05, 4.69) is 15.3 Å². The Morgan fingerprint density at radius 2 is 1.80 bits per heavy atom. The van der Waals surface area contributed by atoms with Gasteiger partial charge in [-0.1, -0.05) is 6.07 Å². The van der Waals surface area contributed by atoms with Crippen LogP contribution >= 0.6 is 0 Å². The highest BCUT2D eigenvalue weighted by Gasteiger charge is 2.19. The second-order valence-corrected chi connectivity index (χ2v) is 7.06. The molecule has 0 fully saturated rings. The molecule has 4 aromatic rings. The van der Waals surface area contributed by atoms with Crippen molar-refractivity contribution in [3.8, 4) is 11.1 Å². The van der Waals surface area contributed by atoms with Crippen molar-refractivity contribution in [1.82, 2.24) is 14.5 Å². The molecule has 0 saturated heterocycles. The van der Waals surface area contributed by atoms with Crippen molar-refractivity contribution in [2.75, 3.05) is 5.32 Å². The van der Waals surface area contributed by atoms with Gasteiger partial charge in [-0.25, -0.2) is 13.8 Å². The third kappa shape index (κ3) is 3.02. The van der Waals surface area contributed by atoms with Gasteiger partial charge in [0, 0.05) is 17.4 Å². The fourth-order valence-corrected chi connectivity index (χ4v) is 3.67. The third-order valence-corrected chi connectivity index (χ3v) is 5.17. The van der Waals surface area contributed by atoms with Gasteiger partial charge in [0.1, 0.15) is 17.2 Å². The first-order chi connectivity index (χ1) is 14.5. The zero-order chi connectivity index (χ0) is 20.8. The van der Waals surface area contributed by atoms with Crippen molar-refractivity contribution >= 4 is 22.6 Å². The monoisotopic (exact) mass is 404 g/mol. The molecule has 2 aromatic carbocycles. The number of carbonyl (C=O) groups is 1. The summed E-state index contributed by atoms with van der Waals surface area (Å²) in [5.74, 6) is -1.63. The number of rotatable bonds is 3. The minimum atomic E-state index is -0.759. The number of aromatic nitrogens is 3. The second-order valence-electron chi connectivity index (χ2n) is 7.06. The Morgan fingerprint density at radius 1 is 1.00 bits per heavy atom. The van der Waals surface area contributed by atoms with Crippen molar-refractivity contribution in [3.63, 3.8) is 0 Å². The molecule has 30 heavy (non-hydrogen) atoms. The lowest BCUT2D eigenvalue weighted by Gasteiger charge is -2.13. The van der Waals surface area contributed by atoms with Crippen LogP contribution in [0.3, 0.4) is 0 Å². The average molecular weight is 404 g/mol. The molecule has 3 heterocycles. The number of halogens is 2. The van der Waals surface area contributed by atoms with Gasteiger partial charge >= 0.3 is 0 Å². The molecule has 0 spiro atoms. The zero-order valence-corrected chi connectivity index (χ0v) is 15.5. The fourth-order valence-electron chi connectivity index (χ4n) is 3.67. The van der Waals surface area contributed by atoms with Crippen LogP contribution in [0.25, 0.3) is 22.2 Å². The highest BCUT2D eigenvalue weighted by Crippen LogP contribution is 2.31. The van der Waals surface area contributed by atoms with Crippen LogP contribution in [-0.2, 0) is 17.8 Å². The number of anilines is 1. The maximum Gasteiger partial charge on any atom is 0.269 e. The molecule has 0 unspecified atom stereocenters. The number of pyridine rings is 1. The van der Waals surface area contributed by atoms with Gasteiger partial charge < -0.3 is 9.88 Å². The van der Waals surface area contributed by atoms with E-state index in [4.69, 9.17) is 0 Å². The predicted molar refractivity (Wildman–Crippen MR) is 107 cm³/mol. The fraction of sp³-hybridized carbons (Fsp3) is 0.0909. The van der Waals surface area contributed by atoms with E-state index in [0.29, 0.717) is 27.8 Å². The maximum atomic E-state index is 14.9. The van der Waals surface area contributed by atoms with Crippen LogP contribution in [0.1, 0.15) is 11.1 Å². The van der Waals surface area contributed by atoms with E-state index in [9.17, 15) is 18.4 Å². The van der Waals surface area contributed by atoms with Crippen LogP contribution in [-0.4, -0.2) is 20.4 Å². The Kier molecular flexibility index (Phi) is 4.13. The van der Waals surface area contributed by atoms with Gasteiger partial charge in [-0.3, -0.25) is 14.6 Å². The van der Waals surface area contributed by atoms with Crippen LogP contribution < -0.4 is 10.9 Å². The number of hydrogen-bond acceptors (Lipinski definition) is 4. The van der Waals surface area contributed by atoms with Crippen LogP contribution in [0.5, 0.6) is 0 Å². The van der Waals surface area contributed by atoms with E-state index >= 15 is 0 Å². The molecule has 148 valence electrons. The number of carbonyl (C=O) groups excluding carboxylic acids is 1. The molecule has 1 amide bonds. The number of nitrogens with one attached hydrogen (secondary N) is 1. The molecule has 1 aliphatic rings. The normalized spacial score (nSPS) is 12.8. The molecule has 1 N–H and O–H groups in total. The van der Waals surface area contributed by atoms with Crippen LogP contribution in [0, 0.1) is 11.6 Å². The number of hydrogen-bond donors (Lipinski definition) is 1. The van der Waals surface area contributed by atoms with Crippen LogP contribution in [0.4, 0.5) is 14.5 Å². The Balaban J connectivity index is 1.55. The summed E-state index contributed by atoms with van der Waals surface area (Å²) in [6.45, 7) is -0.275. The van der Waals surface area contributed by atoms with Crippen LogP contribution in [0.15, 0.2) is 59.8 Å². The van der Waals surface area contributed by atoms with E-state index in [1.165, 1.54) is 29.1 Å². The van der Waals surface area contributed by atoms with Crippen molar-refractivity contribution in [2.24, 2.45) is 0 Å². The molecule has 8 heteroatoms. The third-order valence-electron chi connectivity index (χ3n) is 5.17. The van der Waals surface area contributed by atoms with E-state index < -0.39 is 17.2 Å². The summed E-state index contributed by atoms with van der Waals surface area (Å²) in [7, 11) is 0. The standard InChI is InChI=1S/C22H14F2N4O2/c23-16-6-13(12-1-2-18-14(5-12)8-21(29)27-18)7-17(24)15(16)11-28-20-3-4-25-9-19(20)26-10-22(28)30/h1-7,9-10H,8,11H2,(H,27,29). The molecular formula is C22H14F2N4O2. The average Bonchev–Trinajstić information content (AvgIpc) is 3.11. The van der Waals surface area contributed by atoms with Gasteiger partial charge in [0.05, 0.1) is 30.9 Å². The summed E-state index contributed by atoms with van der Waals surface area (Å²) in [6, 6.07) is 9.21. The van der Waals surface area contributed by atoms with Gasteiger partial charge in [0.2, 0.25) is 5.91 Å². The van der Waals surface area contributed by atoms with Gasteiger partial charge in [-0.2, -0.15) is 0 Å². The highest BCUT2D eigenvalue weighted by atomic mass is 19.1. The molecule has 0 aliphatic carbocycles. The summed E-state index contributed by atoms with van der Waals surface area (Å²) in [5.41, 5.74) is 2.66. The van der Waals surface area contributed by atoms with E-state index in [0.717, 1.165) is 11.8 Å². The van der Waals surface area contributed by atoms with E-state index in [1.807, 2.05) is 0 Å². The lowest BCUT2D eigenvalue weighted by atomic mass is 9.99. The molecule has 1 aliphatic heterocycles. The Hall–Kier alpha value is -3.94. The number of amides is 1. The number of benzene rings is 2. The molecular weight excluding hydrogens is 390 g/mol. The van der Waals surface area contributed by atoms with Gasteiger partial charge in [-0.05, 0) is 47.0 Å². The Labute approximate surface area is 168 Å². The van der Waals surface area contributed by atoms with E-state index in [1.54, 1.807) is 24.3 Å². The molecule has 0 radical (unpaired) electrons. The lowest BCUT2D eigenvalue weighted by molar-refractivity contribution is -0.115. The lowest BCUT2D eigenvalue weighted by Crippen LogP contribution is -2.22. The number of nitrogens with zero attached hydrogens (tertiary/aromatic N) is 3. The first-order valence-electron chi connectivity index (χ1n) is 9.20. The van der Waals surface area contributed by atoms with Gasteiger partial charge in [-0.15, -0.1) is 0 Å². The van der Waals surface area contributed by atoms with E-state index in [-0.39, 0.29) is 24.4 Å². The SMILES string of the molecule is O=C1Cc2cc(-c3cc(F)c(Cn4c(=O)cnc5cnccc54)c(F)c3)ccc2N1. The molecule has 0 saturated carbocycles. The van der Waals surface area contributed by atoms with Crippen LogP contribution in [0.2, 0.25) is 0 Å². The summed E-state index contributed by atoms with van der Waals surface area (Å²) < 4.78 is 31.1. The molecule has 6 nitrogen and oxygen atoms in total. The second kappa shape index (κ2) is 6.84. The van der Waals surface area contributed by atoms with Crippen molar-refractivity contribution in [2.45, 2.75) is 13.0 Å². The van der Waals surface area contributed by atoms with Gasteiger partial charge in [0.15, 0.2) is 0 Å². The topological polar surface area (TPSA) is 76.9 Å². The Morgan fingerprint density at radius 3 is 2.60 bits per heavy atom. The first kappa shape index (κ1) is 18.1. The zero-order valence-electron chi connectivity index (χ0n) is 15.5.